The molecule has 1 atom stereocenters. The van der Waals surface area contributed by atoms with Crippen molar-refractivity contribution in [3.63, 3.8) is 0 Å². The van der Waals surface area contributed by atoms with Crippen LogP contribution in [0.3, 0.4) is 0 Å². The number of hydrogen-bond donors (Lipinski definition) is 2. The van der Waals surface area contributed by atoms with Gasteiger partial charge in [0.15, 0.2) is 0 Å². The predicted octanol–water partition coefficient (Wildman–Crippen LogP) is 3.20. The number of nitrogens with one attached hydrogen (secondary N) is 1. The number of amides is 1. The standard InChI is InChI=1S/C15H25NO3S/c1-5-15(11-17,8-12-6-7-20-9-12)10-16-13(18)19-14(2,3)4/h6-7,9,17H,5,8,10-11H2,1-4H3,(H,16,18). The van der Waals surface area contributed by atoms with Crippen LogP contribution in [0, 0.1) is 5.41 Å². The van der Waals surface area contributed by atoms with Crippen LogP contribution in [0.1, 0.15) is 39.7 Å². The molecule has 114 valence electrons. The van der Waals surface area contributed by atoms with Crippen molar-refractivity contribution in [1.82, 2.24) is 5.32 Å². The second-order valence-corrected chi connectivity index (χ2v) is 6.96. The van der Waals surface area contributed by atoms with E-state index in [-0.39, 0.29) is 12.0 Å². The number of aliphatic hydroxyl groups excluding tert-OH is 1. The van der Waals surface area contributed by atoms with E-state index in [0.29, 0.717) is 6.54 Å². The van der Waals surface area contributed by atoms with Gasteiger partial charge in [0, 0.05) is 12.0 Å². The Hall–Kier alpha value is -1.07. The molecule has 0 saturated heterocycles. The van der Waals surface area contributed by atoms with Crippen LogP contribution in [-0.2, 0) is 11.2 Å². The highest BCUT2D eigenvalue weighted by atomic mass is 32.1. The molecule has 0 bridgehead atoms. The van der Waals surface area contributed by atoms with Gasteiger partial charge in [0.2, 0.25) is 0 Å². The zero-order chi connectivity index (χ0) is 15.2. The van der Waals surface area contributed by atoms with Crippen molar-refractivity contribution in [2.24, 2.45) is 5.41 Å². The molecule has 0 radical (unpaired) electrons. The number of aliphatic hydroxyl groups is 1. The molecule has 0 aliphatic carbocycles. The third-order valence-corrected chi connectivity index (χ3v) is 3.98. The Balaban J connectivity index is 2.60. The Morgan fingerprint density at radius 1 is 1.45 bits per heavy atom. The summed E-state index contributed by atoms with van der Waals surface area (Å²) in [7, 11) is 0. The summed E-state index contributed by atoms with van der Waals surface area (Å²) in [5.41, 5.74) is 0.348. The summed E-state index contributed by atoms with van der Waals surface area (Å²) in [6, 6.07) is 2.05. The van der Waals surface area contributed by atoms with E-state index in [1.807, 2.05) is 33.1 Å². The van der Waals surface area contributed by atoms with Gasteiger partial charge in [-0.25, -0.2) is 4.79 Å². The van der Waals surface area contributed by atoms with Gasteiger partial charge in [0.05, 0.1) is 6.61 Å². The molecule has 0 spiro atoms. The molecule has 1 heterocycles. The second kappa shape index (κ2) is 7.09. The zero-order valence-corrected chi connectivity index (χ0v) is 13.5. The number of ether oxygens (including phenoxy) is 1. The second-order valence-electron chi connectivity index (χ2n) is 6.18. The summed E-state index contributed by atoms with van der Waals surface area (Å²) in [6.45, 7) is 7.96. The van der Waals surface area contributed by atoms with Gasteiger partial charge < -0.3 is 15.2 Å². The zero-order valence-electron chi connectivity index (χ0n) is 12.7. The first-order valence-corrected chi connectivity index (χ1v) is 7.83. The lowest BCUT2D eigenvalue weighted by molar-refractivity contribution is 0.0461. The molecule has 0 aliphatic rings. The number of thiophene rings is 1. The topological polar surface area (TPSA) is 58.6 Å². The van der Waals surface area contributed by atoms with Gasteiger partial charge in [-0.15, -0.1) is 0 Å². The number of carbonyl (C=O) groups excluding carboxylic acids is 1. The molecule has 0 aliphatic heterocycles. The van der Waals surface area contributed by atoms with Crippen molar-refractivity contribution in [1.29, 1.82) is 0 Å². The molecule has 0 fully saturated rings. The van der Waals surface area contributed by atoms with Gasteiger partial charge in [0.25, 0.3) is 0 Å². The summed E-state index contributed by atoms with van der Waals surface area (Å²) >= 11 is 1.64. The van der Waals surface area contributed by atoms with Crippen LogP contribution in [0.4, 0.5) is 4.79 Å². The highest BCUT2D eigenvalue weighted by molar-refractivity contribution is 7.07. The minimum atomic E-state index is -0.508. The highest BCUT2D eigenvalue weighted by Gasteiger charge is 2.29. The van der Waals surface area contributed by atoms with Crippen LogP contribution >= 0.6 is 11.3 Å². The molecule has 1 aromatic rings. The molecule has 1 rings (SSSR count). The van der Waals surface area contributed by atoms with E-state index < -0.39 is 11.7 Å². The van der Waals surface area contributed by atoms with E-state index in [9.17, 15) is 9.90 Å². The Bertz CT molecular complexity index is 405. The van der Waals surface area contributed by atoms with Gasteiger partial charge in [0.1, 0.15) is 5.60 Å². The molecule has 1 unspecified atom stereocenters. The van der Waals surface area contributed by atoms with Crippen molar-refractivity contribution in [2.75, 3.05) is 13.2 Å². The lowest BCUT2D eigenvalue weighted by Gasteiger charge is -2.31. The first kappa shape index (κ1) is 17.0. The Kier molecular flexibility index (Phi) is 6.02. The van der Waals surface area contributed by atoms with Crippen LogP contribution in [0.15, 0.2) is 16.8 Å². The van der Waals surface area contributed by atoms with Crippen molar-refractivity contribution in [3.05, 3.63) is 22.4 Å². The third-order valence-electron chi connectivity index (χ3n) is 3.25. The monoisotopic (exact) mass is 299 g/mol. The van der Waals surface area contributed by atoms with Gasteiger partial charge in [-0.3, -0.25) is 0 Å². The quantitative estimate of drug-likeness (QED) is 0.848. The summed E-state index contributed by atoms with van der Waals surface area (Å²) < 4.78 is 5.23. The number of rotatable bonds is 6. The van der Waals surface area contributed by atoms with E-state index in [4.69, 9.17) is 4.74 Å². The average molecular weight is 299 g/mol. The number of carbonyl (C=O) groups is 1. The normalized spacial score (nSPS) is 14.7. The van der Waals surface area contributed by atoms with E-state index in [0.717, 1.165) is 12.8 Å². The van der Waals surface area contributed by atoms with Gasteiger partial charge in [-0.2, -0.15) is 11.3 Å². The Morgan fingerprint density at radius 3 is 2.60 bits per heavy atom. The van der Waals surface area contributed by atoms with Crippen LogP contribution in [0.25, 0.3) is 0 Å². The molecule has 0 aromatic carbocycles. The lowest BCUT2D eigenvalue weighted by Crippen LogP contribution is -2.43. The van der Waals surface area contributed by atoms with Crippen molar-refractivity contribution in [3.8, 4) is 0 Å². The maximum atomic E-state index is 11.7. The average Bonchev–Trinajstić information content (AvgIpc) is 2.85. The van der Waals surface area contributed by atoms with Crippen molar-refractivity contribution < 1.29 is 14.6 Å². The highest BCUT2D eigenvalue weighted by Crippen LogP contribution is 2.27. The molecular weight excluding hydrogens is 274 g/mol. The molecular formula is C15H25NO3S. The largest absolute Gasteiger partial charge is 0.444 e. The van der Waals surface area contributed by atoms with Crippen LogP contribution in [0.5, 0.6) is 0 Å². The number of alkyl carbamates (subject to hydrolysis) is 1. The third kappa shape index (κ3) is 5.51. The molecule has 2 N–H and O–H groups in total. The fourth-order valence-electron chi connectivity index (χ4n) is 1.94. The van der Waals surface area contributed by atoms with E-state index >= 15 is 0 Å². The summed E-state index contributed by atoms with van der Waals surface area (Å²) in [6.07, 6.45) is 1.10. The first-order valence-electron chi connectivity index (χ1n) is 6.89. The van der Waals surface area contributed by atoms with Crippen LogP contribution in [-0.4, -0.2) is 30.0 Å². The van der Waals surface area contributed by atoms with Gasteiger partial charge >= 0.3 is 6.09 Å². The van der Waals surface area contributed by atoms with Gasteiger partial charge in [-0.1, -0.05) is 6.92 Å². The minimum absolute atomic E-state index is 0.0368. The molecule has 5 heteroatoms. The smallest absolute Gasteiger partial charge is 0.407 e. The SMILES string of the molecule is CCC(CO)(CNC(=O)OC(C)(C)C)Cc1ccsc1. The van der Waals surface area contributed by atoms with Crippen molar-refractivity contribution >= 4 is 17.4 Å². The van der Waals surface area contributed by atoms with E-state index in [1.165, 1.54) is 5.56 Å². The van der Waals surface area contributed by atoms with E-state index in [2.05, 4.69) is 16.8 Å². The maximum absolute atomic E-state index is 11.7. The van der Waals surface area contributed by atoms with Gasteiger partial charge in [-0.05, 0) is 56.0 Å². The maximum Gasteiger partial charge on any atom is 0.407 e. The molecule has 1 amide bonds. The lowest BCUT2D eigenvalue weighted by atomic mass is 9.80. The Labute approximate surface area is 125 Å². The van der Waals surface area contributed by atoms with Crippen LogP contribution in [0.2, 0.25) is 0 Å². The fraction of sp³-hybridized carbons (Fsp3) is 0.667. The number of hydrogen-bond acceptors (Lipinski definition) is 4. The molecule has 20 heavy (non-hydrogen) atoms. The minimum Gasteiger partial charge on any atom is -0.444 e. The summed E-state index contributed by atoms with van der Waals surface area (Å²) in [4.78, 5) is 11.7. The van der Waals surface area contributed by atoms with Crippen molar-refractivity contribution in [2.45, 2.75) is 46.1 Å². The fourth-order valence-corrected chi connectivity index (χ4v) is 2.60. The van der Waals surface area contributed by atoms with Crippen LogP contribution < -0.4 is 5.32 Å². The summed E-state index contributed by atoms with van der Waals surface area (Å²) in [5, 5.41) is 16.6. The predicted molar refractivity (Wildman–Crippen MR) is 82.1 cm³/mol. The van der Waals surface area contributed by atoms with E-state index in [1.54, 1.807) is 11.3 Å². The molecule has 4 nitrogen and oxygen atoms in total. The first-order chi connectivity index (χ1) is 9.30. The summed E-state index contributed by atoms with van der Waals surface area (Å²) in [5.74, 6) is 0. The molecule has 1 aromatic heterocycles. The Morgan fingerprint density at radius 2 is 2.15 bits per heavy atom. The molecule has 0 saturated carbocycles.